The Bertz CT molecular complexity index is 1240. The van der Waals surface area contributed by atoms with Gasteiger partial charge in [0.05, 0.1) is 4.92 Å². The van der Waals surface area contributed by atoms with Crippen molar-refractivity contribution in [2.45, 2.75) is 19.8 Å². The van der Waals surface area contributed by atoms with Gasteiger partial charge < -0.3 is 4.90 Å². The lowest BCUT2D eigenvalue weighted by atomic mass is 10.0. The maximum absolute atomic E-state index is 13.3. The Morgan fingerprint density at radius 2 is 1.93 bits per heavy atom. The number of amides is 1. The molecule has 0 radical (unpaired) electrons. The molecular weight excluding hydrogens is 452 g/mol. The molecule has 0 atom stereocenters. The van der Waals surface area contributed by atoms with E-state index in [2.05, 4.69) is 21.0 Å². The molecule has 0 fully saturated rings. The summed E-state index contributed by atoms with van der Waals surface area (Å²) in [6.07, 6.45) is 1.60. The summed E-state index contributed by atoms with van der Waals surface area (Å²) in [6.45, 7) is 2.08. The van der Waals surface area contributed by atoms with Gasteiger partial charge in [-0.25, -0.2) is 4.68 Å². The molecule has 0 spiro atoms. The van der Waals surface area contributed by atoms with Crippen molar-refractivity contribution in [3.63, 3.8) is 0 Å². The Morgan fingerprint density at radius 3 is 2.70 bits per heavy atom. The van der Waals surface area contributed by atoms with Crippen LogP contribution in [0.2, 0.25) is 0 Å². The summed E-state index contributed by atoms with van der Waals surface area (Å²) >= 11 is 3.44. The lowest BCUT2D eigenvalue weighted by molar-refractivity contribution is -0.384. The first-order valence-corrected chi connectivity index (χ1v) is 10.1. The summed E-state index contributed by atoms with van der Waals surface area (Å²) in [7, 11) is 0. The normalized spacial score (nSPS) is 13.1. The summed E-state index contributed by atoms with van der Waals surface area (Å²) in [4.78, 5) is 38.4. The van der Waals surface area contributed by atoms with Gasteiger partial charge in [0, 0.05) is 34.5 Å². The minimum Gasteiger partial charge on any atom is -0.307 e. The molecule has 0 saturated heterocycles. The number of benzene rings is 2. The first-order chi connectivity index (χ1) is 14.4. The number of anilines is 1. The van der Waals surface area contributed by atoms with Gasteiger partial charge in [0.25, 0.3) is 11.6 Å². The number of para-hydroxylation sites is 2. The first kappa shape index (κ1) is 20.0. The van der Waals surface area contributed by atoms with Crippen LogP contribution in [-0.2, 0) is 6.42 Å². The zero-order chi connectivity index (χ0) is 21.4. The van der Waals surface area contributed by atoms with E-state index in [1.165, 1.54) is 22.9 Å². The molecule has 9 heteroatoms. The van der Waals surface area contributed by atoms with E-state index >= 15 is 0 Å². The van der Waals surface area contributed by atoms with Crippen LogP contribution in [0.5, 0.6) is 0 Å². The molecule has 0 aliphatic carbocycles. The van der Waals surface area contributed by atoms with Gasteiger partial charge in [-0.3, -0.25) is 19.7 Å². The molecular formula is C21H17BrN4O4. The predicted molar refractivity (Wildman–Crippen MR) is 115 cm³/mol. The van der Waals surface area contributed by atoms with Crippen molar-refractivity contribution >= 4 is 33.2 Å². The molecule has 0 bridgehead atoms. The molecule has 0 unspecified atom stereocenters. The summed E-state index contributed by atoms with van der Waals surface area (Å²) in [5.41, 5.74) is 1.39. The Balaban J connectivity index is 1.82. The first-order valence-electron chi connectivity index (χ1n) is 9.32. The maximum atomic E-state index is 13.3. The fourth-order valence-corrected chi connectivity index (χ4v) is 4.05. The van der Waals surface area contributed by atoms with Crippen LogP contribution in [0.1, 0.15) is 28.2 Å². The number of hydrogen-bond donors (Lipinski definition) is 0. The van der Waals surface area contributed by atoms with Crippen LogP contribution in [0.4, 0.5) is 11.4 Å². The standard InChI is InChI=1S/C21H17BrN4O4/c1-13-11-19(27)20(23-25(13)17-6-2-3-7-18(17)26(29)30)21(28)24-10-4-5-14-12-15(22)8-9-16(14)24/h2-3,6-9,11-12H,4-5,10H2,1H3. The molecule has 30 heavy (non-hydrogen) atoms. The second kappa shape index (κ2) is 7.83. The number of carbonyl (C=O) groups is 1. The van der Waals surface area contributed by atoms with Crippen LogP contribution in [0.15, 0.2) is 57.8 Å². The largest absolute Gasteiger partial charge is 0.307 e. The second-order valence-electron chi connectivity index (χ2n) is 6.99. The van der Waals surface area contributed by atoms with Gasteiger partial charge in [-0.05, 0) is 49.6 Å². The third-order valence-corrected chi connectivity index (χ3v) is 5.52. The van der Waals surface area contributed by atoms with E-state index in [-0.39, 0.29) is 17.1 Å². The number of aryl methyl sites for hydroxylation is 2. The van der Waals surface area contributed by atoms with Gasteiger partial charge in [0.15, 0.2) is 5.69 Å². The summed E-state index contributed by atoms with van der Waals surface area (Å²) in [5.74, 6) is -0.518. The van der Waals surface area contributed by atoms with Gasteiger partial charge in [0.1, 0.15) is 5.69 Å². The molecule has 3 aromatic rings. The average Bonchev–Trinajstić information content (AvgIpc) is 2.72. The monoisotopic (exact) mass is 468 g/mol. The van der Waals surface area contributed by atoms with Crippen LogP contribution in [-0.4, -0.2) is 27.2 Å². The number of nitro groups is 1. The minimum atomic E-state index is -0.519. The summed E-state index contributed by atoms with van der Waals surface area (Å²) in [6, 6.07) is 13.0. The lowest BCUT2D eigenvalue weighted by Gasteiger charge is -2.29. The van der Waals surface area contributed by atoms with Gasteiger partial charge >= 0.3 is 0 Å². The van der Waals surface area contributed by atoms with Crippen LogP contribution in [0, 0.1) is 17.0 Å². The van der Waals surface area contributed by atoms with Crippen molar-refractivity contribution in [2.24, 2.45) is 0 Å². The third kappa shape index (κ3) is 3.52. The van der Waals surface area contributed by atoms with Crippen molar-refractivity contribution in [1.82, 2.24) is 9.78 Å². The number of carbonyl (C=O) groups excluding carboxylic acids is 1. The van der Waals surface area contributed by atoms with Crippen LogP contribution in [0.25, 0.3) is 5.69 Å². The Kier molecular flexibility index (Phi) is 5.21. The van der Waals surface area contributed by atoms with E-state index < -0.39 is 16.3 Å². The SMILES string of the molecule is Cc1cc(=O)c(C(=O)N2CCCc3cc(Br)ccc32)nn1-c1ccccc1[N+](=O)[O-]. The number of halogens is 1. The molecule has 0 saturated carbocycles. The number of nitrogens with zero attached hydrogens (tertiary/aromatic N) is 4. The molecule has 2 aromatic carbocycles. The number of hydrogen-bond acceptors (Lipinski definition) is 5. The number of rotatable bonds is 3. The minimum absolute atomic E-state index is 0.164. The molecule has 152 valence electrons. The van der Waals surface area contributed by atoms with Crippen LogP contribution in [0.3, 0.4) is 0 Å². The molecule has 1 amide bonds. The van der Waals surface area contributed by atoms with Crippen LogP contribution >= 0.6 is 15.9 Å². The molecule has 2 heterocycles. The van der Waals surface area contributed by atoms with E-state index in [4.69, 9.17) is 0 Å². The molecule has 8 nitrogen and oxygen atoms in total. The zero-order valence-electron chi connectivity index (χ0n) is 16.0. The van der Waals surface area contributed by atoms with Gasteiger partial charge in [0.2, 0.25) is 5.43 Å². The van der Waals surface area contributed by atoms with Gasteiger partial charge in [-0.15, -0.1) is 0 Å². The molecule has 1 aliphatic heterocycles. The summed E-state index contributed by atoms with van der Waals surface area (Å²) in [5, 5.41) is 15.7. The van der Waals surface area contributed by atoms with Crippen molar-refractivity contribution in [1.29, 1.82) is 0 Å². The highest BCUT2D eigenvalue weighted by atomic mass is 79.9. The topological polar surface area (TPSA) is 98.3 Å². The summed E-state index contributed by atoms with van der Waals surface area (Å²) < 4.78 is 2.20. The molecule has 0 N–H and O–H groups in total. The van der Waals surface area contributed by atoms with E-state index in [0.717, 1.165) is 28.6 Å². The smallest absolute Gasteiger partial charge is 0.294 e. The number of nitro benzene ring substituents is 1. The molecule has 1 aliphatic rings. The van der Waals surface area contributed by atoms with E-state index in [9.17, 15) is 19.7 Å². The highest BCUT2D eigenvalue weighted by molar-refractivity contribution is 9.10. The van der Waals surface area contributed by atoms with E-state index in [0.29, 0.717) is 12.2 Å². The fourth-order valence-electron chi connectivity index (χ4n) is 3.64. The Hall–Kier alpha value is -3.33. The van der Waals surface area contributed by atoms with E-state index in [1.807, 2.05) is 18.2 Å². The third-order valence-electron chi connectivity index (χ3n) is 5.02. The van der Waals surface area contributed by atoms with Gasteiger partial charge in [-0.2, -0.15) is 5.10 Å². The van der Waals surface area contributed by atoms with Gasteiger partial charge in [-0.1, -0.05) is 28.1 Å². The zero-order valence-corrected chi connectivity index (χ0v) is 17.6. The highest BCUT2D eigenvalue weighted by Gasteiger charge is 2.28. The quantitative estimate of drug-likeness (QED) is 0.429. The van der Waals surface area contributed by atoms with Crippen LogP contribution < -0.4 is 10.3 Å². The fraction of sp³-hybridized carbons (Fsp3) is 0.190. The van der Waals surface area contributed by atoms with Crippen molar-refractivity contribution in [3.05, 3.63) is 90.3 Å². The van der Waals surface area contributed by atoms with Crippen molar-refractivity contribution in [2.75, 3.05) is 11.4 Å². The van der Waals surface area contributed by atoms with Crippen molar-refractivity contribution < 1.29 is 9.72 Å². The lowest BCUT2D eigenvalue weighted by Crippen LogP contribution is -2.39. The highest BCUT2D eigenvalue weighted by Crippen LogP contribution is 2.30. The Labute approximate surface area is 180 Å². The molecule has 1 aromatic heterocycles. The maximum Gasteiger partial charge on any atom is 0.294 e. The number of fused-ring (bicyclic) bond motifs is 1. The molecule has 4 rings (SSSR count). The van der Waals surface area contributed by atoms with E-state index in [1.54, 1.807) is 24.0 Å². The van der Waals surface area contributed by atoms with Crippen molar-refractivity contribution in [3.8, 4) is 5.69 Å². The average molecular weight is 469 g/mol. The Morgan fingerprint density at radius 1 is 1.17 bits per heavy atom. The predicted octanol–water partition coefficient (Wildman–Crippen LogP) is 3.80. The number of aromatic nitrogens is 2. The second-order valence-corrected chi connectivity index (χ2v) is 7.91.